The number of nitrogens with zero attached hydrogens (tertiary/aromatic N) is 1. The maximum Gasteiger partial charge on any atom is 0.220 e. The summed E-state index contributed by atoms with van der Waals surface area (Å²) in [5.74, 6) is 0.000734. The molecular weight excluding hydrogens is 252 g/mol. The normalized spacial score (nSPS) is 11.8. The first kappa shape index (κ1) is 17.4. The molecule has 0 aromatic rings. The van der Waals surface area contributed by atoms with Gasteiger partial charge in [0, 0.05) is 26.1 Å². The number of hydrogen-bond acceptors (Lipinski definition) is 3. The summed E-state index contributed by atoms with van der Waals surface area (Å²) >= 11 is 0. The van der Waals surface area contributed by atoms with E-state index in [2.05, 4.69) is 5.32 Å². The van der Waals surface area contributed by atoms with E-state index in [-0.39, 0.29) is 5.91 Å². The first-order valence-electron chi connectivity index (χ1n) is 6.63. The van der Waals surface area contributed by atoms with Gasteiger partial charge in [-0.1, -0.05) is 26.7 Å². The fraction of sp³-hybridized carbons (Fsp3) is 0.917. The third kappa shape index (κ3) is 8.47. The van der Waals surface area contributed by atoms with Crippen molar-refractivity contribution >= 4 is 15.9 Å². The molecule has 0 aliphatic heterocycles. The molecule has 0 aromatic heterocycles. The third-order valence-corrected chi connectivity index (χ3v) is 3.97. The zero-order valence-corrected chi connectivity index (χ0v) is 12.6. The topological polar surface area (TPSA) is 66.5 Å². The van der Waals surface area contributed by atoms with Gasteiger partial charge < -0.3 is 5.32 Å². The molecule has 0 saturated carbocycles. The Morgan fingerprint density at radius 3 is 2.22 bits per heavy atom. The van der Waals surface area contributed by atoms with Crippen LogP contribution in [0.5, 0.6) is 0 Å². The Hall–Kier alpha value is -0.620. The standard InChI is InChI=1S/C12H26N2O3S/c1-4-6-8-12(15)13-9-11-14(10-7-5-2)18(3,16)17/h4-11H2,1-3H3,(H,13,15). The van der Waals surface area contributed by atoms with Crippen LogP contribution < -0.4 is 5.32 Å². The molecule has 108 valence electrons. The second-order valence-corrected chi connectivity index (χ2v) is 6.45. The fourth-order valence-corrected chi connectivity index (χ4v) is 2.41. The zero-order valence-electron chi connectivity index (χ0n) is 11.7. The molecule has 0 aliphatic carbocycles. The van der Waals surface area contributed by atoms with E-state index < -0.39 is 10.0 Å². The zero-order chi connectivity index (χ0) is 14.0. The predicted octanol–water partition coefficient (Wildman–Crippen LogP) is 1.35. The highest BCUT2D eigenvalue weighted by Crippen LogP contribution is 2.01. The average molecular weight is 278 g/mol. The van der Waals surface area contributed by atoms with Gasteiger partial charge in [0.15, 0.2) is 0 Å². The van der Waals surface area contributed by atoms with Crippen LogP contribution in [-0.2, 0) is 14.8 Å². The summed E-state index contributed by atoms with van der Waals surface area (Å²) in [6.07, 6.45) is 5.38. The highest BCUT2D eigenvalue weighted by Gasteiger charge is 2.15. The van der Waals surface area contributed by atoms with Crippen molar-refractivity contribution in [2.75, 3.05) is 25.9 Å². The molecule has 18 heavy (non-hydrogen) atoms. The quantitative estimate of drug-likeness (QED) is 0.656. The van der Waals surface area contributed by atoms with Gasteiger partial charge in [-0.05, 0) is 12.8 Å². The van der Waals surface area contributed by atoms with Crippen LogP contribution >= 0.6 is 0 Å². The summed E-state index contributed by atoms with van der Waals surface area (Å²) in [7, 11) is -3.17. The summed E-state index contributed by atoms with van der Waals surface area (Å²) in [6, 6.07) is 0. The van der Waals surface area contributed by atoms with Gasteiger partial charge in [-0.2, -0.15) is 0 Å². The molecule has 0 bridgehead atoms. The lowest BCUT2D eigenvalue weighted by atomic mass is 10.2. The first-order valence-corrected chi connectivity index (χ1v) is 8.48. The summed E-state index contributed by atoms with van der Waals surface area (Å²) in [4.78, 5) is 11.4. The molecule has 0 aliphatic rings. The van der Waals surface area contributed by atoms with E-state index in [4.69, 9.17) is 0 Å². The largest absolute Gasteiger partial charge is 0.355 e. The highest BCUT2D eigenvalue weighted by atomic mass is 32.2. The van der Waals surface area contributed by atoms with Gasteiger partial charge in [-0.25, -0.2) is 12.7 Å². The minimum absolute atomic E-state index is 0.000734. The minimum Gasteiger partial charge on any atom is -0.355 e. The van der Waals surface area contributed by atoms with Crippen LogP contribution in [0.15, 0.2) is 0 Å². The Morgan fingerprint density at radius 2 is 1.72 bits per heavy atom. The molecule has 0 heterocycles. The second kappa shape index (κ2) is 9.33. The van der Waals surface area contributed by atoms with E-state index in [9.17, 15) is 13.2 Å². The number of sulfonamides is 1. The van der Waals surface area contributed by atoms with Crippen molar-refractivity contribution < 1.29 is 13.2 Å². The van der Waals surface area contributed by atoms with Crippen LogP contribution in [0.2, 0.25) is 0 Å². The van der Waals surface area contributed by atoms with Gasteiger partial charge in [0.2, 0.25) is 15.9 Å². The molecular formula is C12H26N2O3S. The predicted molar refractivity (Wildman–Crippen MR) is 73.9 cm³/mol. The Labute approximate surface area is 111 Å². The molecule has 6 heteroatoms. The molecule has 0 saturated heterocycles. The Bertz CT molecular complexity index is 328. The van der Waals surface area contributed by atoms with Crippen LogP contribution in [-0.4, -0.2) is 44.5 Å². The smallest absolute Gasteiger partial charge is 0.220 e. The van der Waals surface area contributed by atoms with Crippen molar-refractivity contribution in [3.63, 3.8) is 0 Å². The molecule has 0 aromatic carbocycles. The molecule has 1 N–H and O–H groups in total. The lowest BCUT2D eigenvalue weighted by Gasteiger charge is -2.19. The summed E-state index contributed by atoms with van der Waals surface area (Å²) in [5, 5.41) is 2.75. The fourth-order valence-electron chi connectivity index (χ4n) is 1.52. The van der Waals surface area contributed by atoms with Gasteiger partial charge in [-0.3, -0.25) is 4.79 Å². The third-order valence-electron chi connectivity index (χ3n) is 2.67. The molecule has 0 spiro atoms. The van der Waals surface area contributed by atoms with E-state index in [1.165, 1.54) is 10.6 Å². The van der Waals surface area contributed by atoms with Crippen molar-refractivity contribution in [3.05, 3.63) is 0 Å². The van der Waals surface area contributed by atoms with Gasteiger partial charge in [0.25, 0.3) is 0 Å². The summed E-state index contributed by atoms with van der Waals surface area (Å²) in [6.45, 7) is 5.33. The number of rotatable bonds is 10. The van der Waals surface area contributed by atoms with Crippen molar-refractivity contribution in [2.24, 2.45) is 0 Å². The molecule has 0 fully saturated rings. The average Bonchev–Trinajstić information content (AvgIpc) is 2.29. The monoisotopic (exact) mass is 278 g/mol. The summed E-state index contributed by atoms with van der Waals surface area (Å²) in [5.41, 5.74) is 0. The SMILES string of the molecule is CCCCC(=O)NCCN(CCCC)S(C)(=O)=O. The molecule has 0 atom stereocenters. The number of nitrogens with one attached hydrogen (secondary N) is 1. The molecule has 1 amide bonds. The minimum atomic E-state index is -3.17. The lowest BCUT2D eigenvalue weighted by Crippen LogP contribution is -2.38. The van der Waals surface area contributed by atoms with E-state index in [1.54, 1.807) is 0 Å². The van der Waals surface area contributed by atoms with Crippen molar-refractivity contribution in [1.29, 1.82) is 0 Å². The van der Waals surface area contributed by atoms with E-state index in [0.717, 1.165) is 25.7 Å². The van der Waals surface area contributed by atoms with Crippen LogP contribution in [0.3, 0.4) is 0 Å². The van der Waals surface area contributed by atoms with Crippen LogP contribution in [0.4, 0.5) is 0 Å². The second-order valence-electron chi connectivity index (χ2n) is 4.47. The van der Waals surface area contributed by atoms with Crippen LogP contribution in [0, 0.1) is 0 Å². The molecule has 0 rings (SSSR count). The van der Waals surface area contributed by atoms with Gasteiger partial charge in [-0.15, -0.1) is 0 Å². The Kier molecular flexibility index (Phi) is 9.01. The molecule has 0 radical (unpaired) electrons. The van der Waals surface area contributed by atoms with Crippen LogP contribution in [0.25, 0.3) is 0 Å². The number of carbonyl (C=O) groups is 1. The van der Waals surface area contributed by atoms with E-state index in [0.29, 0.717) is 26.1 Å². The number of amides is 1. The highest BCUT2D eigenvalue weighted by molar-refractivity contribution is 7.88. The molecule has 0 unspecified atom stereocenters. The Balaban J connectivity index is 4.00. The van der Waals surface area contributed by atoms with Crippen molar-refractivity contribution in [3.8, 4) is 0 Å². The van der Waals surface area contributed by atoms with Gasteiger partial charge in [0.1, 0.15) is 0 Å². The summed E-state index contributed by atoms with van der Waals surface area (Å²) < 4.78 is 24.4. The van der Waals surface area contributed by atoms with E-state index >= 15 is 0 Å². The number of unbranched alkanes of at least 4 members (excludes halogenated alkanes) is 2. The van der Waals surface area contributed by atoms with E-state index in [1.807, 2.05) is 13.8 Å². The number of carbonyl (C=O) groups excluding carboxylic acids is 1. The lowest BCUT2D eigenvalue weighted by molar-refractivity contribution is -0.121. The molecule has 5 nitrogen and oxygen atoms in total. The number of hydrogen-bond donors (Lipinski definition) is 1. The van der Waals surface area contributed by atoms with Gasteiger partial charge in [0.05, 0.1) is 6.26 Å². The van der Waals surface area contributed by atoms with Crippen LogP contribution in [0.1, 0.15) is 46.0 Å². The van der Waals surface area contributed by atoms with Gasteiger partial charge >= 0.3 is 0 Å². The maximum absolute atomic E-state index is 11.5. The van der Waals surface area contributed by atoms with Crippen molar-refractivity contribution in [1.82, 2.24) is 9.62 Å². The van der Waals surface area contributed by atoms with Crippen molar-refractivity contribution in [2.45, 2.75) is 46.0 Å². The first-order chi connectivity index (χ1) is 8.41. The maximum atomic E-state index is 11.5. The Morgan fingerprint density at radius 1 is 1.11 bits per heavy atom.